The zero-order valence-electron chi connectivity index (χ0n) is 30.7. The van der Waals surface area contributed by atoms with Crippen LogP contribution in [-0.4, -0.2) is 24.9 Å². The molecular formula is C50H28N6OS. The fourth-order valence-corrected chi connectivity index (χ4v) is 8.71. The van der Waals surface area contributed by atoms with Crippen molar-refractivity contribution in [1.82, 2.24) is 24.9 Å². The van der Waals surface area contributed by atoms with Gasteiger partial charge in [0.05, 0.1) is 27.5 Å². The molecule has 0 spiro atoms. The summed E-state index contributed by atoms with van der Waals surface area (Å²) in [5.41, 5.74) is 10.5. The van der Waals surface area contributed by atoms with E-state index in [0.29, 0.717) is 28.9 Å². The van der Waals surface area contributed by atoms with Crippen molar-refractivity contribution in [1.29, 1.82) is 5.26 Å². The summed E-state index contributed by atoms with van der Waals surface area (Å²) in [4.78, 5) is 25.6. The first-order chi connectivity index (χ1) is 28.7. The average molecular weight is 761 g/mol. The predicted molar refractivity (Wildman–Crippen MR) is 233 cm³/mol. The highest BCUT2D eigenvalue weighted by atomic mass is 32.1. The molecule has 0 atom stereocenters. The van der Waals surface area contributed by atoms with Crippen LogP contribution in [0.25, 0.3) is 110 Å². The Hall–Kier alpha value is -7.86. The molecule has 0 bridgehead atoms. The monoisotopic (exact) mass is 760 g/mol. The summed E-state index contributed by atoms with van der Waals surface area (Å²) in [7, 11) is 0. The lowest BCUT2D eigenvalue weighted by Crippen LogP contribution is -2.00. The SMILES string of the molecule is N#Cc1ccc(-c2ccc(-c3nc(-c4ccccc4)nc(-c4cccc5oc6ccc(-c7nc(-c8ccccc8)c8sc9ccccc9c8n7)cc6c45)n3)cc2)cc1. The summed E-state index contributed by atoms with van der Waals surface area (Å²) in [6, 6.07) is 58.8. The van der Waals surface area contributed by atoms with Crippen LogP contribution in [0.5, 0.6) is 0 Å². The maximum atomic E-state index is 9.25. The molecule has 0 saturated carbocycles. The summed E-state index contributed by atoms with van der Waals surface area (Å²) in [5, 5.41) is 12.2. The molecule has 8 heteroatoms. The van der Waals surface area contributed by atoms with E-state index in [1.807, 2.05) is 115 Å². The Kier molecular flexibility index (Phi) is 7.91. The molecule has 4 aromatic heterocycles. The third-order valence-corrected chi connectivity index (χ3v) is 11.6. The van der Waals surface area contributed by atoms with Gasteiger partial charge >= 0.3 is 0 Å². The molecule has 7 aromatic carbocycles. The molecule has 0 N–H and O–H groups in total. The van der Waals surface area contributed by atoms with Gasteiger partial charge in [-0.3, -0.25) is 0 Å². The number of furan rings is 1. The van der Waals surface area contributed by atoms with Gasteiger partial charge in [0.1, 0.15) is 11.2 Å². The van der Waals surface area contributed by atoms with Gasteiger partial charge in [-0.2, -0.15) is 5.26 Å². The first-order valence-electron chi connectivity index (χ1n) is 18.8. The highest BCUT2D eigenvalue weighted by molar-refractivity contribution is 7.26. The Morgan fingerprint density at radius 1 is 0.448 bits per heavy atom. The second-order valence-corrected chi connectivity index (χ2v) is 15.0. The number of thiophene rings is 1. The molecule has 0 aliphatic rings. The van der Waals surface area contributed by atoms with Crippen molar-refractivity contribution in [3.05, 3.63) is 175 Å². The second-order valence-electron chi connectivity index (χ2n) is 14.0. The molecule has 11 rings (SSSR count). The molecule has 58 heavy (non-hydrogen) atoms. The molecule has 11 aromatic rings. The van der Waals surface area contributed by atoms with Gasteiger partial charge in [-0.15, -0.1) is 11.3 Å². The number of fused-ring (bicyclic) bond motifs is 6. The van der Waals surface area contributed by atoms with Gasteiger partial charge in [0, 0.05) is 48.7 Å². The van der Waals surface area contributed by atoms with Crippen molar-refractivity contribution in [2.45, 2.75) is 0 Å². The maximum Gasteiger partial charge on any atom is 0.164 e. The number of hydrogen-bond donors (Lipinski definition) is 0. The van der Waals surface area contributed by atoms with E-state index >= 15 is 0 Å². The second kappa shape index (κ2) is 13.7. The maximum absolute atomic E-state index is 9.25. The van der Waals surface area contributed by atoms with Crippen molar-refractivity contribution < 1.29 is 4.42 Å². The first kappa shape index (κ1) is 33.5. The average Bonchev–Trinajstić information content (AvgIpc) is 3.87. The van der Waals surface area contributed by atoms with Crippen LogP contribution in [0, 0.1) is 11.3 Å². The number of hydrogen-bond acceptors (Lipinski definition) is 8. The van der Waals surface area contributed by atoms with E-state index < -0.39 is 0 Å². The highest BCUT2D eigenvalue weighted by Gasteiger charge is 2.21. The minimum Gasteiger partial charge on any atom is -0.456 e. The molecule has 0 fully saturated rings. The minimum absolute atomic E-state index is 0.535. The molecule has 0 saturated heterocycles. The van der Waals surface area contributed by atoms with Gasteiger partial charge < -0.3 is 4.42 Å². The lowest BCUT2D eigenvalue weighted by molar-refractivity contribution is 0.669. The molecule has 0 aliphatic heterocycles. The van der Waals surface area contributed by atoms with Crippen molar-refractivity contribution in [2.24, 2.45) is 0 Å². The predicted octanol–water partition coefficient (Wildman–Crippen LogP) is 12.8. The van der Waals surface area contributed by atoms with Crippen LogP contribution in [0.15, 0.2) is 174 Å². The van der Waals surface area contributed by atoms with E-state index in [1.54, 1.807) is 11.3 Å². The highest BCUT2D eigenvalue weighted by Crippen LogP contribution is 2.41. The van der Waals surface area contributed by atoms with E-state index in [2.05, 4.69) is 60.7 Å². The van der Waals surface area contributed by atoms with Gasteiger partial charge in [-0.05, 0) is 53.6 Å². The Bertz CT molecular complexity index is 3390. The molecule has 270 valence electrons. The topological polar surface area (TPSA) is 101 Å². The van der Waals surface area contributed by atoms with Crippen LogP contribution in [-0.2, 0) is 0 Å². The Labute approximate surface area is 336 Å². The Morgan fingerprint density at radius 2 is 1.05 bits per heavy atom. The van der Waals surface area contributed by atoms with E-state index in [0.717, 1.165) is 82.2 Å². The lowest BCUT2D eigenvalue weighted by atomic mass is 10.0. The summed E-state index contributed by atoms with van der Waals surface area (Å²) in [6.45, 7) is 0. The quantitative estimate of drug-likeness (QED) is 0.166. The standard InChI is InChI=1S/C50H28N6OS/c51-29-30-18-20-31(21-19-30)32-22-24-35(25-23-32)48-54-47(34-12-5-2-6-13-34)55-50(56-48)38-15-9-16-41-43(38)39-28-36(26-27-40(39)57-41)49-52-44(33-10-3-1-4-11-33)46-45(53-49)37-14-7-8-17-42(37)58-46/h1-28H. The van der Waals surface area contributed by atoms with Crippen LogP contribution in [0.3, 0.4) is 0 Å². The van der Waals surface area contributed by atoms with E-state index in [9.17, 15) is 5.26 Å². The summed E-state index contributed by atoms with van der Waals surface area (Å²) in [6.07, 6.45) is 0. The number of benzene rings is 7. The fraction of sp³-hybridized carbons (Fsp3) is 0. The van der Waals surface area contributed by atoms with Gasteiger partial charge in [0.15, 0.2) is 23.3 Å². The third-order valence-electron chi connectivity index (χ3n) is 10.4. The number of nitrogens with zero attached hydrogens (tertiary/aromatic N) is 6. The smallest absolute Gasteiger partial charge is 0.164 e. The molecule has 4 heterocycles. The van der Waals surface area contributed by atoms with Crippen LogP contribution in [0.1, 0.15) is 5.56 Å². The Morgan fingerprint density at radius 3 is 1.79 bits per heavy atom. The molecule has 0 aliphatic carbocycles. The van der Waals surface area contributed by atoms with Gasteiger partial charge in [-0.25, -0.2) is 24.9 Å². The number of rotatable bonds is 6. The lowest BCUT2D eigenvalue weighted by Gasteiger charge is -2.10. The number of nitriles is 1. The van der Waals surface area contributed by atoms with Crippen molar-refractivity contribution in [2.75, 3.05) is 0 Å². The molecule has 0 amide bonds. The molecule has 0 radical (unpaired) electrons. The van der Waals surface area contributed by atoms with Crippen molar-refractivity contribution in [3.63, 3.8) is 0 Å². The van der Waals surface area contributed by atoms with Gasteiger partial charge in [0.2, 0.25) is 0 Å². The summed E-state index contributed by atoms with van der Waals surface area (Å²) < 4.78 is 8.73. The number of aromatic nitrogens is 5. The van der Waals surface area contributed by atoms with Crippen LogP contribution < -0.4 is 0 Å². The van der Waals surface area contributed by atoms with Crippen molar-refractivity contribution >= 4 is 53.6 Å². The van der Waals surface area contributed by atoms with E-state index in [1.165, 1.54) is 4.70 Å². The fourth-order valence-electron chi connectivity index (χ4n) is 7.55. The first-order valence-corrected chi connectivity index (χ1v) is 19.6. The zero-order valence-corrected chi connectivity index (χ0v) is 31.5. The summed E-state index contributed by atoms with van der Waals surface area (Å²) >= 11 is 1.72. The van der Waals surface area contributed by atoms with Crippen LogP contribution >= 0.6 is 11.3 Å². The summed E-state index contributed by atoms with van der Waals surface area (Å²) in [5.74, 6) is 2.30. The zero-order chi connectivity index (χ0) is 38.6. The third kappa shape index (κ3) is 5.77. The van der Waals surface area contributed by atoms with E-state index in [4.69, 9.17) is 29.3 Å². The largest absolute Gasteiger partial charge is 0.456 e. The molecular weight excluding hydrogens is 733 g/mol. The molecule has 7 nitrogen and oxygen atoms in total. The van der Waals surface area contributed by atoms with Gasteiger partial charge in [0.25, 0.3) is 0 Å². The van der Waals surface area contributed by atoms with E-state index in [-0.39, 0.29) is 0 Å². The van der Waals surface area contributed by atoms with Crippen LogP contribution in [0.2, 0.25) is 0 Å². The van der Waals surface area contributed by atoms with Crippen molar-refractivity contribution in [3.8, 4) is 74.0 Å². The Balaban J connectivity index is 1.08. The molecule has 0 unspecified atom stereocenters. The minimum atomic E-state index is 0.535. The normalized spacial score (nSPS) is 11.4. The van der Waals surface area contributed by atoms with Gasteiger partial charge in [-0.1, -0.05) is 127 Å². The van der Waals surface area contributed by atoms with Crippen LogP contribution in [0.4, 0.5) is 0 Å².